The minimum absolute atomic E-state index is 0.118. The van der Waals surface area contributed by atoms with E-state index < -0.39 is 0 Å². The fourth-order valence-corrected chi connectivity index (χ4v) is 4.25. The molecule has 1 aromatic carbocycles. The molecule has 2 atom stereocenters. The highest BCUT2D eigenvalue weighted by molar-refractivity contribution is 5.76. The molecule has 2 fully saturated rings. The van der Waals surface area contributed by atoms with Crippen LogP contribution in [0.1, 0.15) is 31.2 Å². The average Bonchev–Trinajstić information content (AvgIpc) is 2.64. The summed E-state index contributed by atoms with van der Waals surface area (Å²) in [5, 5.41) is 10.2. The van der Waals surface area contributed by atoms with Gasteiger partial charge in [0.2, 0.25) is 5.91 Å². The third kappa shape index (κ3) is 3.53. The molecule has 5 heteroatoms. The van der Waals surface area contributed by atoms with Gasteiger partial charge in [0.05, 0.1) is 12.2 Å². The third-order valence-electron chi connectivity index (χ3n) is 6.15. The number of likely N-dealkylation sites (tertiary alicyclic amines) is 1. The fraction of sp³-hybridized carbons (Fsp3) is 0.650. The molecule has 1 aliphatic carbocycles. The number of nitrogens with zero attached hydrogens (tertiary/aromatic N) is 2. The quantitative estimate of drug-likeness (QED) is 0.887. The number of hydrogen-bond acceptors (Lipinski definition) is 4. The summed E-state index contributed by atoms with van der Waals surface area (Å²) in [4.78, 5) is 16.5. The van der Waals surface area contributed by atoms with Gasteiger partial charge in [0.15, 0.2) is 0 Å². The van der Waals surface area contributed by atoms with E-state index in [4.69, 9.17) is 4.74 Å². The van der Waals surface area contributed by atoms with E-state index in [9.17, 15) is 9.90 Å². The molecule has 5 nitrogen and oxygen atoms in total. The first-order chi connectivity index (χ1) is 12.0. The molecule has 1 N–H and O–H groups in total. The Kier molecular flexibility index (Phi) is 5.35. The zero-order chi connectivity index (χ0) is 18.0. The van der Waals surface area contributed by atoms with Gasteiger partial charge in [-0.15, -0.1) is 0 Å². The highest BCUT2D eigenvalue weighted by Gasteiger charge is 2.56. The number of aliphatic hydroxyl groups excluding tert-OH is 1. The van der Waals surface area contributed by atoms with E-state index >= 15 is 0 Å². The van der Waals surface area contributed by atoms with E-state index in [1.54, 1.807) is 7.11 Å². The predicted octanol–water partition coefficient (Wildman–Crippen LogP) is 2.07. The Balaban J connectivity index is 1.48. The number of ether oxygens (including phenoxy) is 1. The standard InChI is InChI=1S/C20H30N2O3/c1-21(2)16-7-4-15(5-8-16)6-9-19(24)22-12-10-20(11-13-22)17(23)14-18(20)25-3/h4-5,7-8,17-18,23H,6,9-14H2,1-3H3/t17-,18+/m1/s1. The summed E-state index contributed by atoms with van der Waals surface area (Å²) in [6, 6.07) is 8.38. The Bertz CT molecular complexity index is 591. The summed E-state index contributed by atoms with van der Waals surface area (Å²) in [6.45, 7) is 1.46. The molecule has 1 aromatic rings. The lowest BCUT2D eigenvalue weighted by molar-refractivity contribution is -0.202. The number of aryl methyl sites for hydroxylation is 1. The molecule has 0 bridgehead atoms. The van der Waals surface area contributed by atoms with Gasteiger partial charge in [0, 0.05) is 58.2 Å². The van der Waals surface area contributed by atoms with Crippen LogP contribution >= 0.6 is 0 Å². The van der Waals surface area contributed by atoms with Crippen molar-refractivity contribution in [3.05, 3.63) is 29.8 Å². The summed E-state index contributed by atoms with van der Waals surface area (Å²) in [5.41, 5.74) is 2.25. The number of carbonyl (C=O) groups is 1. The number of hydrogen-bond donors (Lipinski definition) is 1. The zero-order valence-corrected chi connectivity index (χ0v) is 15.6. The van der Waals surface area contributed by atoms with Gasteiger partial charge in [-0.2, -0.15) is 0 Å². The number of piperidine rings is 1. The van der Waals surface area contributed by atoms with Crippen LogP contribution in [-0.4, -0.2) is 62.4 Å². The molecule has 0 radical (unpaired) electrons. The maximum Gasteiger partial charge on any atom is 0.222 e. The normalized spacial score (nSPS) is 24.9. The fourth-order valence-electron chi connectivity index (χ4n) is 4.25. The first-order valence-corrected chi connectivity index (χ1v) is 9.21. The van der Waals surface area contributed by atoms with Gasteiger partial charge in [-0.3, -0.25) is 4.79 Å². The molecule has 138 valence electrons. The number of anilines is 1. The number of benzene rings is 1. The number of methoxy groups -OCH3 is 1. The lowest BCUT2D eigenvalue weighted by Gasteiger charge is -2.56. The van der Waals surface area contributed by atoms with Crippen molar-refractivity contribution >= 4 is 11.6 Å². The van der Waals surface area contributed by atoms with Crippen LogP contribution in [-0.2, 0) is 16.0 Å². The Morgan fingerprint density at radius 3 is 2.44 bits per heavy atom. The van der Waals surface area contributed by atoms with Gasteiger partial charge in [-0.05, 0) is 37.0 Å². The van der Waals surface area contributed by atoms with Crippen LogP contribution in [0.4, 0.5) is 5.69 Å². The minimum atomic E-state index is -0.273. The molecular formula is C20H30N2O3. The third-order valence-corrected chi connectivity index (χ3v) is 6.15. The summed E-state index contributed by atoms with van der Waals surface area (Å²) in [6.07, 6.45) is 3.61. The van der Waals surface area contributed by atoms with Crippen molar-refractivity contribution in [1.29, 1.82) is 0 Å². The zero-order valence-electron chi connectivity index (χ0n) is 15.6. The van der Waals surface area contributed by atoms with Crippen molar-refractivity contribution in [3.8, 4) is 0 Å². The largest absolute Gasteiger partial charge is 0.392 e. The van der Waals surface area contributed by atoms with Crippen molar-refractivity contribution in [1.82, 2.24) is 4.90 Å². The minimum Gasteiger partial charge on any atom is -0.392 e. The molecule has 0 unspecified atom stereocenters. The topological polar surface area (TPSA) is 53.0 Å². The number of rotatable bonds is 5. The summed E-state index contributed by atoms with van der Waals surface area (Å²) in [7, 11) is 5.76. The lowest BCUT2D eigenvalue weighted by atomic mass is 9.58. The molecule has 2 aliphatic rings. The van der Waals surface area contributed by atoms with Gasteiger partial charge < -0.3 is 19.6 Å². The number of amides is 1. The highest BCUT2D eigenvalue weighted by Crippen LogP contribution is 2.50. The highest BCUT2D eigenvalue weighted by atomic mass is 16.5. The molecule has 1 amide bonds. The van der Waals surface area contributed by atoms with Crippen LogP contribution in [0.2, 0.25) is 0 Å². The Morgan fingerprint density at radius 2 is 1.92 bits per heavy atom. The van der Waals surface area contributed by atoms with E-state index in [1.807, 2.05) is 19.0 Å². The molecule has 25 heavy (non-hydrogen) atoms. The van der Waals surface area contributed by atoms with Crippen LogP contribution < -0.4 is 4.90 Å². The van der Waals surface area contributed by atoms with E-state index in [0.717, 1.165) is 38.8 Å². The van der Waals surface area contributed by atoms with Gasteiger partial charge in [-0.1, -0.05) is 12.1 Å². The first-order valence-electron chi connectivity index (χ1n) is 9.21. The SMILES string of the molecule is CO[C@H]1C[C@@H](O)C12CCN(C(=O)CCc1ccc(N(C)C)cc1)CC2. The van der Waals surface area contributed by atoms with E-state index in [2.05, 4.69) is 29.2 Å². The second kappa shape index (κ2) is 7.34. The predicted molar refractivity (Wildman–Crippen MR) is 98.8 cm³/mol. The van der Waals surface area contributed by atoms with Crippen LogP contribution in [0.3, 0.4) is 0 Å². The number of aliphatic hydroxyl groups is 1. The van der Waals surface area contributed by atoms with Gasteiger partial charge >= 0.3 is 0 Å². The van der Waals surface area contributed by atoms with E-state index in [0.29, 0.717) is 6.42 Å². The lowest BCUT2D eigenvalue weighted by Crippen LogP contribution is -2.62. The van der Waals surface area contributed by atoms with Crippen molar-refractivity contribution in [3.63, 3.8) is 0 Å². The molecule has 0 aromatic heterocycles. The van der Waals surface area contributed by atoms with Gasteiger partial charge in [0.1, 0.15) is 0 Å². The van der Waals surface area contributed by atoms with Gasteiger partial charge in [-0.25, -0.2) is 0 Å². The van der Waals surface area contributed by atoms with Crippen LogP contribution in [0.5, 0.6) is 0 Å². The molecular weight excluding hydrogens is 316 g/mol. The maximum atomic E-state index is 12.5. The second-order valence-corrected chi connectivity index (χ2v) is 7.65. The summed E-state index contributed by atoms with van der Waals surface area (Å²) >= 11 is 0. The second-order valence-electron chi connectivity index (χ2n) is 7.65. The van der Waals surface area contributed by atoms with Gasteiger partial charge in [0.25, 0.3) is 0 Å². The van der Waals surface area contributed by atoms with E-state index in [1.165, 1.54) is 11.3 Å². The van der Waals surface area contributed by atoms with Crippen LogP contribution in [0.25, 0.3) is 0 Å². The molecule has 3 rings (SSSR count). The maximum absolute atomic E-state index is 12.5. The summed E-state index contributed by atoms with van der Waals surface area (Å²) < 4.78 is 5.51. The van der Waals surface area contributed by atoms with Crippen molar-refractivity contribution in [2.45, 2.75) is 44.3 Å². The molecule has 1 heterocycles. The molecule has 1 saturated carbocycles. The number of carbonyl (C=O) groups excluding carboxylic acids is 1. The summed E-state index contributed by atoms with van der Waals surface area (Å²) in [5.74, 6) is 0.217. The Morgan fingerprint density at radius 1 is 1.28 bits per heavy atom. The first kappa shape index (κ1) is 18.2. The van der Waals surface area contributed by atoms with Crippen molar-refractivity contribution < 1.29 is 14.6 Å². The smallest absolute Gasteiger partial charge is 0.222 e. The van der Waals surface area contributed by atoms with Crippen molar-refractivity contribution in [2.24, 2.45) is 5.41 Å². The monoisotopic (exact) mass is 346 g/mol. The average molecular weight is 346 g/mol. The molecule has 1 spiro atoms. The molecule has 1 aliphatic heterocycles. The van der Waals surface area contributed by atoms with Crippen LogP contribution in [0, 0.1) is 5.41 Å². The van der Waals surface area contributed by atoms with Crippen molar-refractivity contribution in [2.75, 3.05) is 39.2 Å². The Labute approximate surface area is 150 Å². The van der Waals surface area contributed by atoms with E-state index in [-0.39, 0.29) is 23.5 Å². The molecule has 1 saturated heterocycles. The Hall–Kier alpha value is -1.59. The van der Waals surface area contributed by atoms with Crippen LogP contribution in [0.15, 0.2) is 24.3 Å².